The Bertz CT molecular complexity index is 605. The molecular weight excluding hydrogens is 348 g/mol. The number of aryl methyl sites for hydroxylation is 1. The molecule has 1 aromatic rings. The van der Waals surface area contributed by atoms with Gasteiger partial charge in [0.25, 0.3) is 10.1 Å². The van der Waals surface area contributed by atoms with Crippen LogP contribution < -0.4 is 0 Å². The van der Waals surface area contributed by atoms with Crippen molar-refractivity contribution in [1.29, 1.82) is 0 Å². The van der Waals surface area contributed by atoms with Crippen molar-refractivity contribution in [2.45, 2.75) is 95.2 Å². The zero-order valence-corrected chi connectivity index (χ0v) is 17.1. The summed E-state index contributed by atoms with van der Waals surface area (Å²) >= 11 is 0. The van der Waals surface area contributed by atoms with Crippen LogP contribution in [0.15, 0.2) is 29.2 Å². The molecule has 0 radical (unpaired) electrons. The maximum absolute atomic E-state index is 12.5. The van der Waals surface area contributed by atoms with Gasteiger partial charge in [0.15, 0.2) is 0 Å². The van der Waals surface area contributed by atoms with E-state index in [9.17, 15) is 8.42 Å². The lowest BCUT2D eigenvalue weighted by Gasteiger charge is -2.15. The van der Waals surface area contributed by atoms with Gasteiger partial charge in [0.1, 0.15) is 12.2 Å². The van der Waals surface area contributed by atoms with Crippen LogP contribution in [0, 0.1) is 6.92 Å². The van der Waals surface area contributed by atoms with Crippen molar-refractivity contribution in [1.82, 2.24) is 0 Å². The standard InChI is InChI=1S/C21H34O4S/c1-3-4-5-6-7-8-9-10-11-12-20(21-17-24-21)25-26(22,23)19-15-13-18(2)14-16-19/h13-16,20-21H,3-12,17H2,1-2H3. The predicted molar refractivity (Wildman–Crippen MR) is 105 cm³/mol. The predicted octanol–water partition coefficient (Wildman–Crippen LogP) is 5.39. The molecule has 1 heterocycles. The fourth-order valence-corrected chi connectivity index (χ4v) is 4.27. The minimum Gasteiger partial charge on any atom is -0.370 e. The van der Waals surface area contributed by atoms with Gasteiger partial charge in [-0.15, -0.1) is 0 Å². The van der Waals surface area contributed by atoms with Crippen LogP contribution in [0.4, 0.5) is 0 Å². The van der Waals surface area contributed by atoms with Crippen LogP contribution in [-0.2, 0) is 19.0 Å². The Morgan fingerprint density at radius 3 is 2.08 bits per heavy atom. The van der Waals surface area contributed by atoms with Gasteiger partial charge in [0, 0.05) is 0 Å². The molecule has 26 heavy (non-hydrogen) atoms. The van der Waals surface area contributed by atoms with E-state index in [1.807, 2.05) is 6.92 Å². The summed E-state index contributed by atoms with van der Waals surface area (Å²) in [6.45, 7) is 4.77. The van der Waals surface area contributed by atoms with Gasteiger partial charge in [0.05, 0.1) is 11.5 Å². The Morgan fingerprint density at radius 2 is 1.54 bits per heavy atom. The monoisotopic (exact) mass is 382 g/mol. The fourth-order valence-electron chi connectivity index (χ4n) is 3.15. The zero-order valence-electron chi connectivity index (χ0n) is 16.3. The summed E-state index contributed by atoms with van der Waals surface area (Å²) in [5, 5.41) is 0. The fraction of sp³-hybridized carbons (Fsp3) is 0.714. The number of benzene rings is 1. The molecule has 0 amide bonds. The van der Waals surface area contributed by atoms with Crippen LogP contribution in [0.25, 0.3) is 0 Å². The molecule has 0 spiro atoms. The van der Waals surface area contributed by atoms with Gasteiger partial charge in [-0.1, -0.05) is 82.4 Å². The minimum absolute atomic E-state index is 0.0655. The minimum atomic E-state index is -3.72. The van der Waals surface area contributed by atoms with Crippen molar-refractivity contribution < 1.29 is 17.3 Å². The van der Waals surface area contributed by atoms with Crippen LogP contribution in [0.5, 0.6) is 0 Å². The molecule has 1 aromatic carbocycles. The van der Waals surface area contributed by atoms with Gasteiger partial charge in [-0.25, -0.2) is 0 Å². The summed E-state index contributed by atoms with van der Waals surface area (Å²) in [5.74, 6) is 0. The summed E-state index contributed by atoms with van der Waals surface area (Å²) < 4.78 is 35.8. The van der Waals surface area contributed by atoms with Gasteiger partial charge in [0.2, 0.25) is 0 Å². The van der Waals surface area contributed by atoms with Crippen molar-refractivity contribution >= 4 is 10.1 Å². The van der Waals surface area contributed by atoms with Gasteiger partial charge >= 0.3 is 0 Å². The van der Waals surface area contributed by atoms with Crippen LogP contribution in [0.3, 0.4) is 0 Å². The molecule has 2 atom stereocenters. The van der Waals surface area contributed by atoms with Crippen LogP contribution in [0.1, 0.15) is 76.7 Å². The van der Waals surface area contributed by atoms with E-state index in [4.69, 9.17) is 8.92 Å². The number of hydrogen-bond acceptors (Lipinski definition) is 4. The molecule has 148 valence electrons. The Kier molecular flexibility index (Phi) is 9.09. The average molecular weight is 383 g/mol. The topological polar surface area (TPSA) is 55.9 Å². The molecule has 1 aliphatic heterocycles. The van der Waals surface area contributed by atoms with Gasteiger partial charge in [-0.2, -0.15) is 8.42 Å². The maximum atomic E-state index is 12.5. The van der Waals surface area contributed by atoms with Crippen molar-refractivity contribution in [3.05, 3.63) is 29.8 Å². The smallest absolute Gasteiger partial charge is 0.297 e. The first-order chi connectivity index (χ1) is 12.5. The van der Waals surface area contributed by atoms with Crippen molar-refractivity contribution in [2.75, 3.05) is 6.61 Å². The molecule has 1 saturated heterocycles. The number of unbranched alkanes of at least 4 members (excludes halogenated alkanes) is 8. The molecule has 0 aliphatic carbocycles. The summed E-state index contributed by atoms with van der Waals surface area (Å²) in [7, 11) is -3.72. The summed E-state index contributed by atoms with van der Waals surface area (Å²) in [4.78, 5) is 0.223. The van der Waals surface area contributed by atoms with Crippen LogP contribution in [-0.4, -0.2) is 27.2 Å². The summed E-state index contributed by atoms with van der Waals surface area (Å²) in [6.07, 6.45) is 11.6. The van der Waals surface area contributed by atoms with Gasteiger partial charge in [-0.05, 0) is 25.5 Å². The van der Waals surface area contributed by atoms with E-state index in [1.165, 1.54) is 44.9 Å². The number of hydrogen-bond donors (Lipinski definition) is 0. The third-order valence-electron chi connectivity index (χ3n) is 4.93. The highest BCUT2D eigenvalue weighted by atomic mass is 32.2. The Labute approximate surface area is 159 Å². The molecule has 0 bridgehead atoms. The van der Waals surface area contributed by atoms with Gasteiger partial charge in [-0.3, -0.25) is 4.18 Å². The first-order valence-corrected chi connectivity index (χ1v) is 11.6. The Hall–Kier alpha value is -0.910. The van der Waals surface area contributed by atoms with E-state index < -0.39 is 10.1 Å². The van der Waals surface area contributed by atoms with Crippen molar-refractivity contribution in [2.24, 2.45) is 0 Å². The quantitative estimate of drug-likeness (QED) is 0.246. The molecule has 1 fully saturated rings. The van der Waals surface area contributed by atoms with Crippen molar-refractivity contribution in [3.8, 4) is 0 Å². The molecule has 2 unspecified atom stereocenters. The molecule has 1 aliphatic rings. The lowest BCUT2D eigenvalue weighted by atomic mass is 10.0. The molecule has 0 aromatic heterocycles. The lowest BCUT2D eigenvalue weighted by Crippen LogP contribution is -2.24. The van der Waals surface area contributed by atoms with E-state index in [0.29, 0.717) is 6.61 Å². The highest BCUT2D eigenvalue weighted by Crippen LogP contribution is 2.26. The molecule has 0 saturated carbocycles. The maximum Gasteiger partial charge on any atom is 0.297 e. The number of rotatable bonds is 14. The highest BCUT2D eigenvalue weighted by molar-refractivity contribution is 7.86. The number of epoxide rings is 1. The second-order valence-corrected chi connectivity index (χ2v) is 8.96. The molecule has 0 N–H and O–H groups in total. The zero-order chi connectivity index (χ0) is 18.8. The first-order valence-electron chi connectivity index (χ1n) is 10.1. The third kappa shape index (κ3) is 7.77. The third-order valence-corrected chi connectivity index (χ3v) is 6.28. The largest absolute Gasteiger partial charge is 0.370 e. The summed E-state index contributed by atoms with van der Waals surface area (Å²) in [6, 6.07) is 6.79. The number of ether oxygens (including phenoxy) is 1. The Morgan fingerprint density at radius 1 is 1.00 bits per heavy atom. The van der Waals surface area contributed by atoms with E-state index in [1.54, 1.807) is 24.3 Å². The average Bonchev–Trinajstić information content (AvgIpc) is 3.44. The molecule has 5 heteroatoms. The molecular formula is C21H34O4S. The van der Waals surface area contributed by atoms with Crippen LogP contribution in [0.2, 0.25) is 0 Å². The van der Waals surface area contributed by atoms with E-state index >= 15 is 0 Å². The highest BCUT2D eigenvalue weighted by Gasteiger charge is 2.36. The second-order valence-electron chi connectivity index (χ2n) is 7.39. The molecule has 2 rings (SSSR count). The lowest BCUT2D eigenvalue weighted by molar-refractivity contribution is 0.153. The van der Waals surface area contributed by atoms with E-state index in [2.05, 4.69) is 6.92 Å². The normalized spacial score (nSPS) is 18.0. The summed E-state index contributed by atoms with van der Waals surface area (Å²) in [5.41, 5.74) is 1.03. The van der Waals surface area contributed by atoms with E-state index in [0.717, 1.165) is 24.8 Å². The van der Waals surface area contributed by atoms with Gasteiger partial charge < -0.3 is 4.74 Å². The first kappa shape index (κ1) is 21.4. The van der Waals surface area contributed by atoms with Crippen molar-refractivity contribution in [3.63, 3.8) is 0 Å². The van der Waals surface area contributed by atoms with Crippen LogP contribution >= 0.6 is 0 Å². The van der Waals surface area contributed by atoms with E-state index in [-0.39, 0.29) is 17.1 Å². The molecule has 4 nitrogen and oxygen atoms in total. The Balaban J connectivity index is 1.69. The SMILES string of the molecule is CCCCCCCCCCCC(OS(=O)(=O)c1ccc(C)cc1)C1CO1. The second kappa shape index (κ2) is 11.1.